The topological polar surface area (TPSA) is 33.1 Å². The van der Waals surface area contributed by atoms with Gasteiger partial charge in [0.2, 0.25) is 0 Å². The van der Waals surface area contributed by atoms with Crippen LogP contribution in [0.4, 0.5) is 0 Å². The molecule has 1 rings (SSSR count). The number of aliphatic hydroxyl groups excluding tert-OH is 1. The van der Waals surface area contributed by atoms with Crippen molar-refractivity contribution in [1.29, 1.82) is 0 Å². The van der Waals surface area contributed by atoms with Crippen LogP contribution in [0.15, 0.2) is 23.4 Å². The lowest BCUT2D eigenvalue weighted by Crippen LogP contribution is -1.98. The monoisotopic (exact) mass is 211 g/mol. The predicted octanol–water partition coefficient (Wildman–Crippen LogP) is 2.88. The van der Waals surface area contributed by atoms with Gasteiger partial charge in [-0.1, -0.05) is 19.9 Å². The first-order valence-corrected chi connectivity index (χ1v) is 5.85. The van der Waals surface area contributed by atoms with Gasteiger partial charge in [0, 0.05) is 17.5 Å². The molecule has 0 aliphatic rings. The van der Waals surface area contributed by atoms with E-state index in [1.54, 1.807) is 24.9 Å². The lowest BCUT2D eigenvalue weighted by Gasteiger charge is -2.10. The fourth-order valence-electron chi connectivity index (χ4n) is 1.09. The van der Waals surface area contributed by atoms with Gasteiger partial charge in [-0.25, -0.2) is 4.98 Å². The Balaban J connectivity index is 2.74. The zero-order valence-electron chi connectivity index (χ0n) is 8.90. The summed E-state index contributed by atoms with van der Waals surface area (Å²) in [4.78, 5) is 4.27. The van der Waals surface area contributed by atoms with Gasteiger partial charge in [-0.05, 0) is 18.9 Å². The van der Waals surface area contributed by atoms with Crippen LogP contribution in [0.2, 0.25) is 0 Å². The highest BCUT2D eigenvalue weighted by molar-refractivity contribution is 7.99. The Morgan fingerprint density at radius 3 is 2.71 bits per heavy atom. The van der Waals surface area contributed by atoms with Crippen molar-refractivity contribution in [3.05, 3.63) is 23.9 Å². The zero-order chi connectivity index (χ0) is 10.6. The van der Waals surface area contributed by atoms with Crippen LogP contribution in [-0.2, 0) is 0 Å². The first-order chi connectivity index (χ1) is 6.61. The van der Waals surface area contributed by atoms with Crippen molar-refractivity contribution < 1.29 is 5.11 Å². The predicted molar refractivity (Wildman–Crippen MR) is 60.4 cm³/mol. The minimum absolute atomic E-state index is 0.432. The van der Waals surface area contributed by atoms with Crippen LogP contribution >= 0.6 is 11.8 Å². The second-order valence-electron chi connectivity index (χ2n) is 3.78. The van der Waals surface area contributed by atoms with Crippen molar-refractivity contribution in [2.24, 2.45) is 5.92 Å². The summed E-state index contributed by atoms with van der Waals surface area (Å²) in [6.07, 6.45) is 1.34. The Labute approximate surface area is 89.8 Å². The number of nitrogens with zero attached hydrogens (tertiary/aromatic N) is 1. The Hall–Kier alpha value is -0.540. The van der Waals surface area contributed by atoms with Crippen molar-refractivity contribution in [2.75, 3.05) is 5.75 Å². The van der Waals surface area contributed by atoms with Crippen molar-refractivity contribution in [1.82, 2.24) is 4.98 Å². The van der Waals surface area contributed by atoms with E-state index in [-0.39, 0.29) is 0 Å². The molecule has 1 heterocycles. The van der Waals surface area contributed by atoms with Crippen LogP contribution in [0, 0.1) is 5.92 Å². The molecule has 0 spiro atoms. The van der Waals surface area contributed by atoms with E-state index in [4.69, 9.17) is 0 Å². The van der Waals surface area contributed by atoms with Crippen LogP contribution in [-0.4, -0.2) is 15.8 Å². The molecule has 14 heavy (non-hydrogen) atoms. The Kier molecular flexibility index (Phi) is 4.42. The molecule has 0 fully saturated rings. The number of hydrogen-bond acceptors (Lipinski definition) is 3. The summed E-state index contributed by atoms with van der Waals surface area (Å²) in [6.45, 7) is 6.13. The molecule has 0 unspecified atom stereocenters. The van der Waals surface area contributed by atoms with E-state index < -0.39 is 6.10 Å². The first-order valence-electron chi connectivity index (χ1n) is 4.87. The number of pyridine rings is 1. The maximum atomic E-state index is 9.52. The molecule has 1 aromatic rings. The fraction of sp³-hybridized carbons (Fsp3) is 0.545. The van der Waals surface area contributed by atoms with E-state index >= 15 is 0 Å². The van der Waals surface area contributed by atoms with Gasteiger partial charge in [0.25, 0.3) is 0 Å². The minimum atomic E-state index is -0.432. The molecule has 0 saturated heterocycles. The fourth-order valence-corrected chi connectivity index (χ4v) is 2.12. The van der Waals surface area contributed by atoms with Crippen molar-refractivity contribution in [3.63, 3.8) is 0 Å². The summed E-state index contributed by atoms with van der Waals surface area (Å²) in [5, 5.41) is 10.5. The largest absolute Gasteiger partial charge is 0.389 e. The number of aliphatic hydroxyl groups is 1. The molecular formula is C11H17NOS. The first kappa shape index (κ1) is 11.5. The molecule has 3 heteroatoms. The summed E-state index contributed by atoms with van der Waals surface area (Å²) >= 11 is 1.71. The van der Waals surface area contributed by atoms with E-state index in [1.807, 2.05) is 12.1 Å². The average Bonchev–Trinajstić information content (AvgIpc) is 2.15. The van der Waals surface area contributed by atoms with Crippen LogP contribution in [0.5, 0.6) is 0 Å². The maximum Gasteiger partial charge on any atom is 0.102 e. The van der Waals surface area contributed by atoms with E-state index in [9.17, 15) is 5.11 Å². The van der Waals surface area contributed by atoms with Crippen molar-refractivity contribution in [2.45, 2.75) is 31.9 Å². The van der Waals surface area contributed by atoms with E-state index in [2.05, 4.69) is 18.8 Å². The molecular weight excluding hydrogens is 194 g/mol. The van der Waals surface area contributed by atoms with Gasteiger partial charge in [-0.3, -0.25) is 0 Å². The molecule has 0 amide bonds. The smallest absolute Gasteiger partial charge is 0.102 e. The molecule has 0 aromatic carbocycles. The maximum absolute atomic E-state index is 9.52. The van der Waals surface area contributed by atoms with Crippen molar-refractivity contribution in [3.8, 4) is 0 Å². The van der Waals surface area contributed by atoms with Gasteiger partial charge in [-0.15, -0.1) is 11.8 Å². The van der Waals surface area contributed by atoms with E-state index in [0.29, 0.717) is 5.92 Å². The highest BCUT2D eigenvalue weighted by Gasteiger charge is 2.09. The molecule has 1 aromatic heterocycles. The number of rotatable bonds is 4. The second kappa shape index (κ2) is 5.37. The van der Waals surface area contributed by atoms with Crippen molar-refractivity contribution >= 4 is 11.8 Å². The van der Waals surface area contributed by atoms with E-state index in [0.717, 1.165) is 16.3 Å². The second-order valence-corrected chi connectivity index (χ2v) is 4.79. The van der Waals surface area contributed by atoms with Gasteiger partial charge in [0.15, 0.2) is 0 Å². The van der Waals surface area contributed by atoms with Gasteiger partial charge in [-0.2, -0.15) is 0 Å². The third-order valence-electron chi connectivity index (χ3n) is 1.80. The summed E-state index contributed by atoms with van der Waals surface area (Å²) in [6, 6.07) is 3.79. The van der Waals surface area contributed by atoms with Gasteiger partial charge >= 0.3 is 0 Å². The molecule has 2 nitrogen and oxygen atoms in total. The molecule has 78 valence electrons. The van der Waals surface area contributed by atoms with Gasteiger partial charge in [0.05, 0.1) is 6.10 Å². The van der Waals surface area contributed by atoms with Gasteiger partial charge in [0.1, 0.15) is 5.03 Å². The van der Waals surface area contributed by atoms with Crippen LogP contribution < -0.4 is 0 Å². The van der Waals surface area contributed by atoms with Gasteiger partial charge < -0.3 is 5.11 Å². The summed E-state index contributed by atoms with van der Waals surface area (Å²) in [7, 11) is 0. The van der Waals surface area contributed by atoms with Crippen LogP contribution in [0.3, 0.4) is 0 Å². The van der Waals surface area contributed by atoms with Crippen LogP contribution in [0.1, 0.15) is 32.4 Å². The zero-order valence-corrected chi connectivity index (χ0v) is 9.71. The van der Waals surface area contributed by atoms with E-state index in [1.165, 1.54) is 0 Å². The third kappa shape index (κ3) is 3.31. The summed E-state index contributed by atoms with van der Waals surface area (Å²) in [5.41, 5.74) is 0.929. The summed E-state index contributed by atoms with van der Waals surface area (Å²) < 4.78 is 0. The molecule has 1 atom stereocenters. The summed E-state index contributed by atoms with van der Waals surface area (Å²) in [5.74, 6) is 1.68. The number of aromatic nitrogens is 1. The molecule has 0 bridgehead atoms. The number of hydrogen-bond donors (Lipinski definition) is 1. The Morgan fingerprint density at radius 1 is 1.43 bits per heavy atom. The Bertz CT molecular complexity index is 286. The highest BCUT2D eigenvalue weighted by Crippen LogP contribution is 2.26. The minimum Gasteiger partial charge on any atom is -0.389 e. The van der Waals surface area contributed by atoms with Crippen LogP contribution in [0.25, 0.3) is 0 Å². The lowest BCUT2D eigenvalue weighted by molar-refractivity contribution is 0.195. The lowest BCUT2D eigenvalue weighted by atomic mass is 10.2. The normalized spacial score (nSPS) is 13.2. The molecule has 1 N–H and O–H groups in total. The average molecular weight is 211 g/mol. The Morgan fingerprint density at radius 2 is 2.14 bits per heavy atom. The standard InChI is InChI=1S/C11H17NOS/c1-8(2)7-14-11-10(9(3)13)5-4-6-12-11/h4-6,8-9,13H,7H2,1-3H3/t9-/m1/s1. The molecule has 0 aliphatic heterocycles. The number of thioether (sulfide) groups is 1. The molecule has 0 aliphatic carbocycles. The highest BCUT2D eigenvalue weighted by atomic mass is 32.2. The third-order valence-corrected chi connectivity index (χ3v) is 3.25. The quantitative estimate of drug-likeness (QED) is 0.777. The SMILES string of the molecule is CC(C)CSc1ncccc1[C@@H](C)O. The molecule has 0 radical (unpaired) electrons. The molecule has 0 saturated carbocycles.